The first kappa shape index (κ1) is 11.4. The Kier molecular flexibility index (Phi) is 3.03. The van der Waals surface area contributed by atoms with Gasteiger partial charge < -0.3 is 9.47 Å². The quantitative estimate of drug-likeness (QED) is 0.838. The molecule has 2 aliphatic rings. The molecule has 2 nitrogen and oxygen atoms in total. The molecule has 3 atom stereocenters. The largest absolute Gasteiger partial charge is 0.493 e. The van der Waals surface area contributed by atoms with Crippen LogP contribution in [0.2, 0.25) is 0 Å². The number of halogens is 1. The molecule has 92 valence electrons. The van der Waals surface area contributed by atoms with Crippen molar-refractivity contribution in [1.29, 1.82) is 0 Å². The van der Waals surface area contributed by atoms with Gasteiger partial charge in [-0.15, -0.1) is 0 Å². The van der Waals surface area contributed by atoms with Crippen molar-refractivity contribution in [3.8, 4) is 11.5 Å². The molecule has 0 spiro atoms. The van der Waals surface area contributed by atoms with Crippen LogP contribution in [0.1, 0.15) is 25.7 Å². The maximum absolute atomic E-state index is 6.16. The summed E-state index contributed by atoms with van der Waals surface area (Å²) in [5.74, 6) is 3.38. The van der Waals surface area contributed by atoms with Gasteiger partial charge in [0.1, 0.15) is 6.10 Å². The van der Waals surface area contributed by atoms with Crippen molar-refractivity contribution in [2.24, 2.45) is 11.8 Å². The topological polar surface area (TPSA) is 18.5 Å². The van der Waals surface area contributed by atoms with Crippen molar-refractivity contribution >= 4 is 15.9 Å². The molecular weight excluding hydrogens is 280 g/mol. The molecule has 1 aromatic rings. The van der Waals surface area contributed by atoms with Crippen molar-refractivity contribution in [3.05, 3.63) is 22.7 Å². The lowest BCUT2D eigenvalue weighted by molar-refractivity contribution is 0.133. The predicted molar refractivity (Wildman–Crippen MR) is 70.6 cm³/mol. The first-order valence-electron chi connectivity index (χ1n) is 6.26. The summed E-state index contributed by atoms with van der Waals surface area (Å²) in [7, 11) is 1.69. The molecule has 2 fully saturated rings. The molecule has 0 radical (unpaired) electrons. The molecule has 0 amide bonds. The molecule has 0 N–H and O–H groups in total. The second kappa shape index (κ2) is 4.52. The summed E-state index contributed by atoms with van der Waals surface area (Å²) in [6.07, 6.45) is 5.73. The van der Waals surface area contributed by atoms with E-state index < -0.39 is 0 Å². The number of hydrogen-bond acceptors (Lipinski definition) is 2. The van der Waals surface area contributed by atoms with E-state index in [4.69, 9.17) is 9.47 Å². The number of benzene rings is 1. The highest BCUT2D eigenvalue weighted by Crippen LogP contribution is 2.47. The van der Waals surface area contributed by atoms with Gasteiger partial charge >= 0.3 is 0 Å². The van der Waals surface area contributed by atoms with Gasteiger partial charge in [0.2, 0.25) is 0 Å². The van der Waals surface area contributed by atoms with Crippen LogP contribution in [0.15, 0.2) is 22.7 Å². The Morgan fingerprint density at radius 1 is 1.18 bits per heavy atom. The molecule has 3 rings (SSSR count). The summed E-state index contributed by atoms with van der Waals surface area (Å²) >= 11 is 3.48. The zero-order valence-corrected chi connectivity index (χ0v) is 11.6. The summed E-state index contributed by atoms with van der Waals surface area (Å²) in [5, 5.41) is 0. The Labute approximate surface area is 110 Å². The predicted octanol–water partition coefficient (Wildman–Crippen LogP) is 4.03. The average molecular weight is 297 g/mol. The van der Waals surface area contributed by atoms with E-state index in [0.29, 0.717) is 6.10 Å². The fourth-order valence-electron chi connectivity index (χ4n) is 3.24. The molecule has 0 aliphatic heterocycles. The van der Waals surface area contributed by atoms with Crippen molar-refractivity contribution in [3.63, 3.8) is 0 Å². The van der Waals surface area contributed by atoms with Gasteiger partial charge in [-0.05, 0) is 55.7 Å². The van der Waals surface area contributed by atoms with Crippen LogP contribution in [-0.4, -0.2) is 13.2 Å². The smallest absolute Gasteiger partial charge is 0.162 e. The molecular formula is C14H17BrO2. The number of ether oxygens (including phenoxy) is 2. The summed E-state index contributed by atoms with van der Waals surface area (Å²) in [4.78, 5) is 0. The third-order valence-corrected chi connectivity index (χ3v) is 4.57. The first-order chi connectivity index (χ1) is 8.26. The second-order valence-electron chi connectivity index (χ2n) is 5.13. The van der Waals surface area contributed by atoms with E-state index in [2.05, 4.69) is 15.9 Å². The highest BCUT2D eigenvalue weighted by molar-refractivity contribution is 9.10. The zero-order valence-electron chi connectivity index (χ0n) is 9.99. The number of hydrogen-bond donors (Lipinski definition) is 0. The summed E-state index contributed by atoms with van der Waals surface area (Å²) in [6, 6.07) is 5.93. The van der Waals surface area contributed by atoms with Gasteiger partial charge in [0.15, 0.2) is 11.5 Å². The van der Waals surface area contributed by atoms with Gasteiger partial charge in [-0.25, -0.2) is 0 Å². The van der Waals surface area contributed by atoms with Crippen LogP contribution in [0.3, 0.4) is 0 Å². The van der Waals surface area contributed by atoms with Crippen molar-refractivity contribution in [2.45, 2.75) is 31.8 Å². The number of rotatable bonds is 3. The van der Waals surface area contributed by atoms with Gasteiger partial charge in [0.05, 0.1) is 7.11 Å². The normalized spacial score (nSPS) is 30.6. The summed E-state index contributed by atoms with van der Waals surface area (Å²) in [5.41, 5.74) is 0. The van der Waals surface area contributed by atoms with Gasteiger partial charge in [0.25, 0.3) is 0 Å². The summed E-state index contributed by atoms with van der Waals surface area (Å²) < 4.78 is 12.5. The Morgan fingerprint density at radius 3 is 2.71 bits per heavy atom. The maximum atomic E-state index is 6.16. The van der Waals surface area contributed by atoms with Crippen LogP contribution in [-0.2, 0) is 0 Å². The Balaban J connectivity index is 1.78. The molecule has 17 heavy (non-hydrogen) atoms. The fourth-order valence-corrected chi connectivity index (χ4v) is 3.58. The lowest BCUT2D eigenvalue weighted by Gasteiger charge is -2.24. The molecule has 0 saturated heterocycles. The van der Waals surface area contributed by atoms with Crippen molar-refractivity contribution < 1.29 is 9.47 Å². The van der Waals surface area contributed by atoms with Crippen LogP contribution in [0.5, 0.6) is 11.5 Å². The van der Waals surface area contributed by atoms with Gasteiger partial charge in [-0.3, -0.25) is 0 Å². The van der Waals surface area contributed by atoms with E-state index in [9.17, 15) is 0 Å². The highest BCUT2D eigenvalue weighted by Gasteiger charge is 2.41. The molecule has 2 bridgehead atoms. The van der Waals surface area contributed by atoms with E-state index in [0.717, 1.165) is 27.8 Å². The van der Waals surface area contributed by atoms with Crippen LogP contribution in [0, 0.1) is 11.8 Å². The monoisotopic (exact) mass is 296 g/mol. The van der Waals surface area contributed by atoms with Crippen molar-refractivity contribution in [2.75, 3.05) is 7.11 Å². The minimum absolute atomic E-state index is 0.400. The highest BCUT2D eigenvalue weighted by atomic mass is 79.9. The lowest BCUT2D eigenvalue weighted by Crippen LogP contribution is -2.23. The third-order valence-electron chi connectivity index (χ3n) is 4.08. The molecule has 3 heteroatoms. The maximum Gasteiger partial charge on any atom is 0.162 e. The molecule has 0 aromatic heterocycles. The average Bonchev–Trinajstić information content (AvgIpc) is 2.91. The molecule has 1 aromatic carbocycles. The summed E-state index contributed by atoms with van der Waals surface area (Å²) in [6.45, 7) is 0. The Hall–Kier alpha value is -0.700. The molecule has 0 heterocycles. The second-order valence-corrected chi connectivity index (χ2v) is 6.04. The van der Waals surface area contributed by atoms with E-state index >= 15 is 0 Å². The van der Waals surface area contributed by atoms with Gasteiger partial charge in [-0.1, -0.05) is 15.9 Å². The SMILES string of the molecule is COc1ccc(Br)cc1OC1CC2CCC1C2. The molecule has 2 aliphatic carbocycles. The van der Waals surface area contributed by atoms with Crippen molar-refractivity contribution in [1.82, 2.24) is 0 Å². The lowest BCUT2D eigenvalue weighted by atomic mass is 9.98. The molecule has 3 unspecified atom stereocenters. The van der Waals surface area contributed by atoms with E-state index in [1.54, 1.807) is 7.11 Å². The fraction of sp³-hybridized carbons (Fsp3) is 0.571. The van der Waals surface area contributed by atoms with Crippen LogP contribution < -0.4 is 9.47 Å². The van der Waals surface area contributed by atoms with E-state index in [1.807, 2.05) is 18.2 Å². The zero-order chi connectivity index (χ0) is 11.8. The third kappa shape index (κ3) is 2.17. The molecule has 2 saturated carbocycles. The van der Waals surface area contributed by atoms with E-state index in [-0.39, 0.29) is 0 Å². The number of methoxy groups -OCH3 is 1. The van der Waals surface area contributed by atoms with Crippen LogP contribution in [0.25, 0.3) is 0 Å². The first-order valence-corrected chi connectivity index (χ1v) is 7.06. The minimum atomic E-state index is 0.400. The Bertz CT molecular complexity index is 419. The van der Waals surface area contributed by atoms with Crippen LogP contribution in [0.4, 0.5) is 0 Å². The standard InChI is InChI=1S/C14H17BrO2/c1-16-12-5-4-11(15)8-14(12)17-13-7-9-2-3-10(13)6-9/h4-5,8-10,13H,2-3,6-7H2,1H3. The number of fused-ring (bicyclic) bond motifs is 2. The Morgan fingerprint density at radius 2 is 2.06 bits per heavy atom. The minimum Gasteiger partial charge on any atom is -0.493 e. The van der Waals surface area contributed by atoms with Gasteiger partial charge in [-0.2, -0.15) is 0 Å². The van der Waals surface area contributed by atoms with E-state index in [1.165, 1.54) is 25.7 Å². The van der Waals surface area contributed by atoms with Crippen LogP contribution >= 0.6 is 15.9 Å². The van der Waals surface area contributed by atoms with Gasteiger partial charge in [0, 0.05) is 4.47 Å².